The van der Waals surface area contributed by atoms with Gasteiger partial charge >= 0.3 is 0 Å². The van der Waals surface area contributed by atoms with Crippen LogP contribution in [0.5, 0.6) is 0 Å². The molecule has 116 valence electrons. The number of fused-ring (bicyclic) bond motifs is 1. The van der Waals surface area contributed by atoms with Gasteiger partial charge < -0.3 is 0 Å². The minimum Gasteiger partial charge on any atom is -0.288 e. The number of aryl methyl sites for hydroxylation is 1. The molecule has 0 spiro atoms. The normalized spacial score (nSPS) is 20.3. The van der Waals surface area contributed by atoms with Crippen molar-refractivity contribution in [1.82, 2.24) is 10.6 Å². The smallest absolute Gasteiger partial charge is 0.258 e. The number of nitrogens with one attached hydrogen (secondary N) is 2. The van der Waals surface area contributed by atoms with Crippen LogP contribution < -0.4 is 10.6 Å². The van der Waals surface area contributed by atoms with Crippen LogP contribution in [0.15, 0.2) is 35.4 Å². The molecule has 4 amide bonds. The molecule has 0 aliphatic carbocycles. The van der Waals surface area contributed by atoms with Gasteiger partial charge in [-0.15, -0.1) is 0 Å². The van der Waals surface area contributed by atoms with E-state index in [0.29, 0.717) is 28.7 Å². The summed E-state index contributed by atoms with van der Waals surface area (Å²) in [6.45, 7) is 3.53. The first-order valence-corrected chi connectivity index (χ1v) is 7.14. The molecule has 1 fully saturated rings. The number of benzene rings is 1. The monoisotopic (exact) mass is 310 g/mol. The summed E-state index contributed by atoms with van der Waals surface area (Å²) >= 11 is 0. The van der Waals surface area contributed by atoms with Gasteiger partial charge in [0, 0.05) is 11.1 Å². The number of imide groups is 2. The van der Waals surface area contributed by atoms with Gasteiger partial charge in [-0.05, 0) is 43.5 Å². The van der Waals surface area contributed by atoms with E-state index in [1.165, 1.54) is 0 Å². The minimum atomic E-state index is -0.421. The Morgan fingerprint density at radius 3 is 2.09 bits per heavy atom. The summed E-state index contributed by atoms with van der Waals surface area (Å²) in [5, 5.41) is 4.50. The quantitative estimate of drug-likeness (QED) is 0.628. The van der Waals surface area contributed by atoms with Gasteiger partial charge in [0.15, 0.2) is 0 Å². The fourth-order valence-corrected chi connectivity index (χ4v) is 2.77. The summed E-state index contributed by atoms with van der Waals surface area (Å²) in [6, 6.07) is 3.33. The Hall–Kier alpha value is -3.02. The molecule has 0 aromatic heterocycles. The summed E-state index contributed by atoms with van der Waals surface area (Å²) in [5.41, 5.74) is 3.06. The van der Waals surface area contributed by atoms with E-state index in [1.807, 2.05) is 6.92 Å². The van der Waals surface area contributed by atoms with Gasteiger partial charge in [0.25, 0.3) is 23.6 Å². The van der Waals surface area contributed by atoms with Crippen molar-refractivity contribution in [3.63, 3.8) is 0 Å². The zero-order valence-electron chi connectivity index (χ0n) is 12.6. The van der Waals surface area contributed by atoms with Crippen LogP contribution in [-0.4, -0.2) is 23.6 Å². The molecule has 0 atom stereocenters. The molecule has 0 radical (unpaired) electrons. The molecule has 1 saturated heterocycles. The molecule has 23 heavy (non-hydrogen) atoms. The van der Waals surface area contributed by atoms with Crippen LogP contribution in [0.2, 0.25) is 0 Å². The molecular weight excluding hydrogens is 296 g/mol. The van der Waals surface area contributed by atoms with Gasteiger partial charge in [-0.2, -0.15) is 0 Å². The summed E-state index contributed by atoms with van der Waals surface area (Å²) in [5.74, 6) is -1.63. The number of allylic oxidation sites excluding steroid dienone is 2. The Kier molecular flexibility index (Phi) is 3.44. The summed E-state index contributed by atoms with van der Waals surface area (Å²) in [7, 11) is 0. The molecular formula is C17H14N2O4. The van der Waals surface area contributed by atoms with E-state index in [9.17, 15) is 19.2 Å². The molecule has 2 aliphatic rings. The maximum Gasteiger partial charge on any atom is 0.258 e. The lowest BCUT2D eigenvalue weighted by Crippen LogP contribution is -2.19. The van der Waals surface area contributed by atoms with E-state index >= 15 is 0 Å². The van der Waals surface area contributed by atoms with Crippen molar-refractivity contribution in [2.75, 3.05) is 0 Å². The molecule has 2 heterocycles. The highest BCUT2D eigenvalue weighted by Crippen LogP contribution is 2.23. The van der Waals surface area contributed by atoms with Gasteiger partial charge in [-0.25, -0.2) is 0 Å². The first-order valence-electron chi connectivity index (χ1n) is 7.14. The molecule has 0 unspecified atom stereocenters. The Bertz CT molecular complexity index is 846. The van der Waals surface area contributed by atoms with Gasteiger partial charge in [-0.1, -0.05) is 12.2 Å². The average Bonchev–Trinajstić information content (AvgIpc) is 2.92. The summed E-state index contributed by atoms with van der Waals surface area (Å²) in [4.78, 5) is 46.8. The maximum absolute atomic E-state index is 11.8. The molecule has 6 heteroatoms. The second kappa shape index (κ2) is 5.31. The highest BCUT2D eigenvalue weighted by Gasteiger charge is 2.30. The van der Waals surface area contributed by atoms with Gasteiger partial charge in [0.05, 0.1) is 11.1 Å². The molecule has 2 N–H and O–H groups in total. The lowest BCUT2D eigenvalue weighted by molar-refractivity contribution is -0.123. The molecule has 1 aromatic carbocycles. The third kappa shape index (κ3) is 2.38. The fraction of sp³-hybridized carbons (Fsp3) is 0.176. The Morgan fingerprint density at radius 1 is 0.870 bits per heavy atom. The van der Waals surface area contributed by atoms with Crippen molar-refractivity contribution in [2.45, 2.75) is 20.3 Å². The summed E-state index contributed by atoms with van der Waals surface area (Å²) in [6.07, 6.45) is 3.64. The molecule has 1 aromatic rings. The minimum absolute atomic E-state index is 0.331. The predicted octanol–water partition coefficient (Wildman–Crippen LogP) is 0.950. The first-order chi connectivity index (χ1) is 10.9. The van der Waals surface area contributed by atoms with Crippen LogP contribution in [0.25, 0.3) is 0 Å². The van der Waals surface area contributed by atoms with Gasteiger partial charge in [0.2, 0.25) is 0 Å². The highest BCUT2D eigenvalue weighted by molar-refractivity contribution is 6.24. The van der Waals surface area contributed by atoms with E-state index in [-0.39, 0.29) is 0 Å². The Balaban J connectivity index is 1.96. The van der Waals surface area contributed by atoms with Crippen LogP contribution in [0.3, 0.4) is 0 Å². The maximum atomic E-state index is 11.8. The van der Waals surface area contributed by atoms with Crippen molar-refractivity contribution < 1.29 is 19.2 Å². The zero-order chi connectivity index (χ0) is 16.7. The first kappa shape index (κ1) is 14.9. The molecule has 6 nitrogen and oxygen atoms in total. The molecule has 3 rings (SSSR count). The van der Waals surface area contributed by atoms with Crippen molar-refractivity contribution in [3.8, 4) is 0 Å². The Morgan fingerprint density at radius 2 is 1.43 bits per heavy atom. The van der Waals surface area contributed by atoms with E-state index < -0.39 is 23.6 Å². The van der Waals surface area contributed by atoms with Crippen LogP contribution in [0, 0.1) is 6.92 Å². The highest BCUT2D eigenvalue weighted by atomic mass is 16.2. The van der Waals surface area contributed by atoms with E-state index in [1.54, 1.807) is 31.2 Å². The number of carbonyl (C=O) groups is 4. The lowest BCUT2D eigenvalue weighted by atomic mass is 9.96. The zero-order valence-corrected chi connectivity index (χ0v) is 12.6. The molecule has 2 aliphatic heterocycles. The van der Waals surface area contributed by atoms with Crippen molar-refractivity contribution in [1.29, 1.82) is 0 Å². The van der Waals surface area contributed by atoms with Crippen molar-refractivity contribution in [3.05, 3.63) is 57.7 Å². The summed E-state index contributed by atoms with van der Waals surface area (Å²) < 4.78 is 0. The standard InChI is InChI=1S/C17H14N2O4/c1-3-10-11(15(21)18-14(10)20)5-4-9-7-13-12(6-8(9)2)16(22)19-17(13)23/h3,5-7H,4H2,1-2H3,(H,18,20,21)(H,19,22,23)/b10-3+,11-5+. The SMILES string of the molecule is C/C=C1/C(=O)NC(=O)/C1=C/Cc1cc2c(cc1C)C(=O)NC2=O. The van der Waals surface area contributed by atoms with Crippen molar-refractivity contribution in [2.24, 2.45) is 0 Å². The van der Waals surface area contributed by atoms with Crippen LogP contribution in [-0.2, 0) is 16.0 Å². The largest absolute Gasteiger partial charge is 0.288 e. The molecule has 0 bridgehead atoms. The van der Waals surface area contributed by atoms with Gasteiger partial charge in [0.1, 0.15) is 0 Å². The number of hydrogen-bond donors (Lipinski definition) is 2. The Labute approximate surface area is 132 Å². The van der Waals surface area contributed by atoms with E-state index in [2.05, 4.69) is 10.6 Å². The molecule has 0 saturated carbocycles. The number of carbonyl (C=O) groups excluding carboxylic acids is 4. The van der Waals surface area contributed by atoms with E-state index in [4.69, 9.17) is 0 Å². The fourth-order valence-electron chi connectivity index (χ4n) is 2.77. The number of amides is 4. The topological polar surface area (TPSA) is 92.3 Å². The van der Waals surface area contributed by atoms with Crippen LogP contribution in [0.4, 0.5) is 0 Å². The average molecular weight is 310 g/mol. The third-order valence-electron chi connectivity index (χ3n) is 4.01. The predicted molar refractivity (Wildman–Crippen MR) is 81.7 cm³/mol. The number of hydrogen-bond acceptors (Lipinski definition) is 4. The second-order valence-corrected chi connectivity index (χ2v) is 5.42. The van der Waals surface area contributed by atoms with Crippen LogP contribution in [0.1, 0.15) is 38.8 Å². The van der Waals surface area contributed by atoms with Crippen molar-refractivity contribution >= 4 is 23.6 Å². The number of rotatable bonds is 2. The van der Waals surface area contributed by atoms with E-state index in [0.717, 1.165) is 11.1 Å². The lowest BCUT2D eigenvalue weighted by Gasteiger charge is -2.06. The van der Waals surface area contributed by atoms with Gasteiger partial charge in [-0.3, -0.25) is 29.8 Å². The second-order valence-electron chi connectivity index (χ2n) is 5.42. The third-order valence-corrected chi connectivity index (χ3v) is 4.01. The van der Waals surface area contributed by atoms with Crippen LogP contribution >= 0.6 is 0 Å².